The molecule has 2 aliphatic rings. The van der Waals surface area contributed by atoms with Gasteiger partial charge in [0.2, 0.25) is 11.8 Å². The van der Waals surface area contributed by atoms with Gasteiger partial charge in [-0.05, 0) is 34.9 Å². The number of rotatable bonds is 5. The number of nitrogens with zero attached hydrogens (tertiary/aromatic N) is 2. The van der Waals surface area contributed by atoms with E-state index in [0.717, 1.165) is 27.2 Å². The van der Waals surface area contributed by atoms with Crippen LogP contribution in [0.1, 0.15) is 32.9 Å². The maximum absolute atomic E-state index is 13.0. The molecule has 2 aromatic carbocycles. The van der Waals surface area contributed by atoms with Crippen LogP contribution in [0.5, 0.6) is 0 Å². The number of benzene rings is 2. The van der Waals surface area contributed by atoms with Crippen LogP contribution in [0.25, 0.3) is 22.5 Å². The third-order valence-corrected chi connectivity index (χ3v) is 6.64. The van der Waals surface area contributed by atoms with Crippen LogP contribution >= 0.6 is 0 Å². The van der Waals surface area contributed by atoms with E-state index in [-0.39, 0.29) is 24.0 Å². The molecule has 5 rings (SSSR count). The Morgan fingerprint density at radius 1 is 0.972 bits per heavy atom. The molecule has 36 heavy (non-hydrogen) atoms. The minimum Gasteiger partial charge on any atom is -0.451 e. The van der Waals surface area contributed by atoms with Gasteiger partial charge in [-0.15, -0.1) is 0 Å². The lowest BCUT2D eigenvalue weighted by atomic mass is 9.92. The summed E-state index contributed by atoms with van der Waals surface area (Å²) >= 11 is 0. The highest BCUT2D eigenvalue weighted by Gasteiger charge is 2.30. The number of amides is 4. The van der Waals surface area contributed by atoms with Gasteiger partial charge in [-0.3, -0.25) is 24.1 Å². The zero-order chi connectivity index (χ0) is 25.4. The van der Waals surface area contributed by atoms with Crippen LogP contribution in [0.3, 0.4) is 0 Å². The quantitative estimate of drug-likeness (QED) is 0.572. The Kier molecular flexibility index (Phi) is 6.15. The highest BCUT2D eigenvalue weighted by atomic mass is 16.4. The molecule has 1 atom stereocenters. The van der Waals surface area contributed by atoms with Crippen LogP contribution in [0.4, 0.5) is 0 Å². The molecular weight excluding hydrogens is 460 g/mol. The number of hydrogen-bond donors (Lipinski definition) is 2. The lowest BCUT2D eigenvalue weighted by molar-refractivity contribution is -0.132. The molecule has 9 heteroatoms. The molecule has 4 amide bonds. The summed E-state index contributed by atoms with van der Waals surface area (Å²) in [4.78, 5) is 52.7. The van der Waals surface area contributed by atoms with Gasteiger partial charge in [-0.25, -0.2) is 0 Å². The van der Waals surface area contributed by atoms with Crippen molar-refractivity contribution in [2.75, 3.05) is 27.2 Å². The van der Waals surface area contributed by atoms with Crippen LogP contribution in [-0.2, 0) is 16.1 Å². The average Bonchev–Trinajstić information content (AvgIpc) is 3.49. The third-order valence-electron chi connectivity index (χ3n) is 6.64. The number of piperazine rings is 1. The van der Waals surface area contributed by atoms with Gasteiger partial charge in [0.15, 0.2) is 5.76 Å². The summed E-state index contributed by atoms with van der Waals surface area (Å²) in [7, 11) is 3.15. The first-order valence-electron chi connectivity index (χ1n) is 11.7. The molecule has 0 saturated carbocycles. The third kappa shape index (κ3) is 4.18. The van der Waals surface area contributed by atoms with Gasteiger partial charge < -0.3 is 20.0 Å². The second-order valence-corrected chi connectivity index (χ2v) is 8.96. The molecule has 0 radical (unpaired) electrons. The second kappa shape index (κ2) is 9.43. The van der Waals surface area contributed by atoms with E-state index in [1.165, 1.54) is 13.1 Å². The number of carbonyl (C=O) groups excluding carboxylic acids is 4. The minimum atomic E-state index is -0.668. The zero-order valence-corrected chi connectivity index (χ0v) is 20.0. The van der Waals surface area contributed by atoms with Crippen molar-refractivity contribution in [3.05, 3.63) is 71.5 Å². The first-order chi connectivity index (χ1) is 17.3. The largest absolute Gasteiger partial charge is 0.451 e. The van der Waals surface area contributed by atoms with Crippen molar-refractivity contribution in [3.63, 3.8) is 0 Å². The van der Waals surface area contributed by atoms with Crippen molar-refractivity contribution in [2.24, 2.45) is 0 Å². The Labute approximate surface area is 208 Å². The molecule has 3 heterocycles. The molecule has 1 saturated heterocycles. The van der Waals surface area contributed by atoms with Crippen LogP contribution < -0.4 is 10.6 Å². The number of imide groups is 1. The maximum Gasteiger partial charge on any atom is 0.295 e. The summed E-state index contributed by atoms with van der Waals surface area (Å²) in [5, 5.41) is 5.69. The molecule has 2 N–H and O–H groups in total. The van der Waals surface area contributed by atoms with E-state index < -0.39 is 17.9 Å². The van der Waals surface area contributed by atoms with Crippen molar-refractivity contribution in [2.45, 2.75) is 19.0 Å². The monoisotopic (exact) mass is 486 g/mol. The summed E-state index contributed by atoms with van der Waals surface area (Å²) in [6.07, 6.45) is -0.128. The van der Waals surface area contributed by atoms with E-state index >= 15 is 0 Å². The maximum atomic E-state index is 13.0. The molecule has 0 bridgehead atoms. The van der Waals surface area contributed by atoms with Crippen molar-refractivity contribution in [1.82, 2.24) is 20.4 Å². The zero-order valence-electron chi connectivity index (χ0n) is 20.0. The minimum absolute atomic E-state index is 0.0103. The fraction of sp³-hybridized carbons (Fsp3) is 0.259. The van der Waals surface area contributed by atoms with Gasteiger partial charge in [0.05, 0.1) is 12.5 Å². The summed E-state index contributed by atoms with van der Waals surface area (Å²) in [6.45, 7) is 1.59. The van der Waals surface area contributed by atoms with Crippen molar-refractivity contribution in [1.29, 1.82) is 0 Å². The molecule has 1 fully saturated rings. The van der Waals surface area contributed by atoms with E-state index in [1.807, 2.05) is 42.5 Å². The highest BCUT2D eigenvalue weighted by molar-refractivity contribution is 6.04. The Morgan fingerprint density at radius 2 is 1.69 bits per heavy atom. The predicted molar refractivity (Wildman–Crippen MR) is 132 cm³/mol. The van der Waals surface area contributed by atoms with Crippen molar-refractivity contribution in [3.8, 4) is 22.5 Å². The Bertz CT molecular complexity index is 1380. The number of carbonyl (C=O) groups is 4. The van der Waals surface area contributed by atoms with E-state index in [4.69, 9.17) is 4.42 Å². The Balaban J connectivity index is 1.40. The van der Waals surface area contributed by atoms with Crippen LogP contribution in [-0.4, -0.2) is 66.7 Å². The van der Waals surface area contributed by atoms with Crippen molar-refractivity contribution >= 4 is 23.6 Å². The fourth-order valence-corrected chi connectivity index (χ4v) is 4.66. The second-order valence-electron chi connectivity index (χ2n) is 8.96. The Morgan fingerprint density at radius 3 is 2.47 bits per heavy atom. The lowest BCUT2D eigenvalue weighted by Gasteiger charge is -2.24. The number of fused-ring (bicyclic) bond motifs is 1. The standard InChI is InChI=1S/C27H26N4O5/c1-30-15-20-17(8-5-9-19(20)26(30)34)16-6-3-4-7-18(16)22-10-11-23(36-22)27(35)31(2)24(32)14-21-25(33)29-13-12-28-21/h3-11,21,28H,12-15H2,1-2H3,(H,29,33). The summed E-state index contributed by atoms with van der Waals surface area (Å²) < 4.78 is 5.92. The molecule has 1 aromatic heterocycles. The highest BCUT2D eigenvalue weighted by Crippen LogP contribution is 2.38. The molecule has 2 aliphatic heterocycles. The van der Waals surface area contributed by atoms with Gasteiger partial charge >= 0.3 is 0 Å². The number of hydrogen-bond acceptors (Lipinski definition) is 6. The van der Waals surface area contributed by atoms with Crippen molar-refractivity contribution < 1.29 is 23.6 Å². The van der Waals surface area contributed by atoms with Gasteiger partial charge in [-0.2, -0.15) is 0 Å². The molecule has 0 aliphatic carbocycles. The predicted octanol–water partition coefficient (Wildman–Crippen LogP) is 2.28. The average molecular weight is 487 g/mol. The van der Waals surface area contributed by atoms with Crippen LogP contribution in [0.15, 0.2) is 59.0 Å². The molecular formula is C27H26N4O5. The summed E-state index contributed by atoms with van der Waals surface area (Å²) in [5.41, 5.74) is 4.21. The summed E-state index contributed by atoms with van der Waals surface area (Å²) in [5.74, 6) is -0.853. The lowest BCUT2D eigenvalue weighted by Crippen LogP contribution is -2.54. The normalized spacial score (nSPS) is 17.1. The SMILES string of the molecule is CN1Cc2c(cccc2-c2ccccc2-c2ccc(C(=O)N(C)C(=O)CC3NCCNC3=O)o2)C1=O. The molecule has 9 nitrogen and oxygen atoms in total. The smallest absolute Gasteiger partial charge is 0.295 e. The molecule has 184 valence electrons. The number of nitrogens with one attached hydrogen (secondary N) is 2. The molecule has 3 aromatic rings. The molecule has 1 unspecified atom stereocenters. The Hall–Kier alpha value is -4.24. The van der Waals surface area contributed by atoms with Crippen LogP contribution in [0.2, 0.25) is 0 Å². The van der Waals surface area contributed by atoms with Gasteiger partial charge in [0, 0.05) is 44.9 Å². The fourth-order valence-electron chi connectivity index (χ4n) is 4.66. The van der Waals surface area contributed by atoms with E-state index in [0.29, 0.717) is 31.0 Å². The van der Waals surface area contributed by atoms with E-state index in [2.05, 4.69) is 10.6 Å². The molecule has 0 spiro atoms. The van der Waals surface area contributed by atoms with Crippen LogP contribution in [0, 0.1) is 0 Å². The van der Waals surface area contributed by atoms with Gasteiger partial charge in [0.1, 0.15) is 5.76 Å². The first kappa shape index (κ1) is 23.5. The van der Waals surface area contributed by atoms with E-state index in [9.17, 15) is 19.2 Å². The summed E-state index contributed by atoms with van der Waals surface area (Å²) in [6, 6.07) is 15.9. The first-order valence-corrected chi connectivity index (χ1v) is 11.7. The topological polar surface area (TPSA) is 112 Å². The van der Waals surface area contributed by atoms with E-state index in [1.54, 1.807) is 18.0 Å². The van der Waals surface area contributed by atoms with Gasteiger partial charge in [0.25, 0.3) is 11.8 Å². The number of furan rings is 1. The van der Waals surface area contributed by atoms with Gasteiger partial charge in [-0.1, -0.05) is 36.4 Å².